The maximum absolute atomic E-state index is 11.4. The molecule has 0 radical (unpaired) electrons. The summed E-state index contributed by atoms with van der Waals surface area (Å²) >= 11 is 6.29. The van der Waals surface area contributed by atoms with Crippen LogP contribution in [0.3, 0.4) is 0 Å². The Hall–Kier alpha value is -2.72. The van der Waals surface area contributed by atoms with Gasteiger partial charge in [0.2, 0.25) is 0 Å². The van der Waals surface area contributed by atoms with E-state index in [0.29, 0.717) is 29.2 Å². The first-order chi connectivity index (χ1) is 14.2. The van der Waals surface area contributed by atoms with Gasteiger partial charge in [-0.2, -0.15) is 5.10 Å². The highest BCUT2D eigenvalue weighted by Gasteiger charge is 2.23. The van der Waals surface area contributed by atoms with Crippen molar-refractivity contribution in [1.29, 1.82) is 0 Å². The van der Waals surface area contributed by atoms with Crippen molar-refractivity contribution in [3.05, 3.63) is 47.2 Å². The Balaban J connectivity index is 2.00. The fourth-order valence-electron chi connectivity index (χ4n) is 3.11. The summed E-state index contributed by atoms with van der Waals surface area (Å²) in [5, 5.41) is 16.2. The van der Waals surface area contributed by atoms with E-state index in [4.69, 9.17) is 11.6 Å². The van der Waals surface area contributed by atoms with Gasteiger partial charge in [0.25, 0.3) is 0 Å². The van der Waals surface area contributed by atoms with Crippen LogP contribution in [0.1, 0.15) is 31.9 Å². The van der Waals surface area contributed by atoms with Gasteiger partial charge in [-0.15, -0.1) is 0 Å². The smallest absolute Gasteiger partial charge is 0.182 e. The number of pyridine rings is 1. The molecule has 0 aliphatic carbocycles. The monoisotopic (exact) mass is 424 g/mol. The third kappa shape index (κ3) is 4.88. The first-order valence-electron chi connectivity index (χ1n) is 9.73. The molecule has 1 unspecified atom stereocenters. The van der Waals surface area contributed by atoms with Crippen molar-refractivity contribution in [3.8, 4) is 23.1 Å². The molecule has 1 aromatic carbocycles. The lowest BCUT2D eigenvalue weighted by molar-refractivity contribution is -0.119. The number of halogens is 1. The lowest BCUT2D eigenvalue weighted by Crippen LogP contribution is -2.33. The van der Waals surface area contributed by atoms with Crippen LogP contribution in [0.15, 0.2) is 36.5 Å². The molecule has 0 saturated heterocycles. The van der Waals surface area contributed by atoms with Gasteiger partial charge in [-0.3, -0.25) is 9.48 Å². The van der Waals surface area contributed by atoms with Crippen LogP contribution in [0.4, 0.5) is 0 Å². The predicted octanol–water partition coefficient (Wildman–Crippen LogP) is 3.57. The lowest BCUT2D eigenvalue weighted by Gasteiger charge is -2.17. The molecule has 0 saturated carbocycles. The van der Waals surface area contributed by atoms with Gasteiger partial charge in [-0.25, -0.2) is 4.98 Å². The van der Waals surface area contributed by atoms with E-state index in [9.17, 15) is 9.90 Å². The van der Waals surface area contributed by atoms with Gasteiger partial charge in [0.15, 0.2) is 11.9 Å². The summed E-state index contributed by atoms with van der Waals surface area (Å²) in [5.74, 6) is 5.64. The van der Waals surface area contributed by atoms with E-state index in [-0.39, 0.29) is 12.5 Å². The maximum Gasteiger partial charge on any atom is 0.182 e. The molecule has 0 fully saturated rings. The second kappa shape index (κ2) is 8.97. The number of carbonyl (C=O) groups excluding carboxylic acids is 1. The zero-order chi connectivity index (χ0) is 21.9. The molecule has 0 spiro atoms. The predicted molar refractivity (Wildman–Crippen MR) is 119 cm³/mol. The molecule has 0 aliphatic rings. The van der Waals surface area contributed by atoms with Crippen molar-refractivity contribution >= 4 is 28.8 Å². The van der Waals surface area contributed by atoms with Gasteiger partial charge in [-0.1, -0.05) is 35.6 Å². The zero-order valence-corrected chi connectivity index (χ0v) is 18.3. The van der Waals surface area contributed by atoms with Crippen molar-refractivity contribution in [2.45, 2.75) is 31.9 Å². The lowest BCUT2D eigenvalue weighted by atomic mass is 10.0. The SMILES string of the molecule is CC(C)n1ncc2c(-c3cccc(C#CC(O)(C=O)CCN(C)C)c3)nc(Cl)cc21. The Labute approximate surface area is 181 Å². The highest BCUT2D eigenvalue weighted by Crippen LogP contribution is 2.30. The van der Waals surface area contributed by atoms with E-state index in [0.717, 1.165) is 16.5 Å². The van der Waals surface area contributed by atoms with E-state index in [1.165, 1.54) is 0 Å². The minimum atomic E-state index is -1.68. The molecule has 0 amide bonds. The normalized spacial score (nSPS) is 13.3. The van der Waals surface area contributed by atoms with Gasteiger partial charge < -0.3 is 10.0 Å². The number of hydrogen-bond donors (Lipinski definition) is 1. The summed E-state index contributed by atoms with van der Waals surface area (Å²) in [7, 11) is 3.75. The molecular weight excluding hydrogens is 400 g/mol. The molecule has 1 N–H and O–H groups in total. The largest absolute Gasteiger partial charge is 0.371 e. The average molecular weight is 425 g/mol. The van der Waals surface area contributed by atoms with Crippen LogP contribution in [-0.4, -0.2) is 57.3 Å². The van der Waals surface area contributed by atoms with Gasteiger partial charge in [0.05, 0.1) is 17.4 Å². The summed E-state index contributed by atoms with van der Waals surface area (Å²) in [6.45, 7) is 4.66. The van der Waals surface area contributed by atoms with Crippen LogP contribution in [0.5, 0.6) is 0 Å². The molecule has 3 rings (SSSR count). The molecule has 6 nitrogen and oxygen atoms in total. The summed E-state index contributed by atoms with van der Waals surface area (Å²) < 4.78 is 1.91. The number of benzene rings is 1. The fraction of sp³-hybridized carbons (Fsp3) is 0.348. The summed E-state index contributed by atoms with van der Waals surface area (Å²) in [5.41, 5.74) is 1.45. The number of carbonyl (C=O) groups is 1. The first kappa shape index (κ1) is 22.0. The van der Waals surface area contributed by atoms with Crippen LogP contribution in [-0.2, 0) is 4.79 Å². The molecular formula is C23H25ClN4O2. The van der Waals surface area contributed by atoms with Crippen LogP contribution in [0, 0.1) is 11.8 Å². The molecule has 1 atom stereocenters. The van der Waals surface area contributed by atoms with E-state index in [2.05, 4.69) is 35.8 Å². The first-order valence-corrected chi connectivity index (χ1v) is 10.1. The number of aromatic nitrogens is 3. The fourth-order valence-corrected chi connectivity index (χ4v) is 3.30. The minimum Gasteiger partial charge on any atom is -0.371 e. The average Bonchev–Trinajstić information content (AvgIpc) is 3.14. The number of nitrogens with zero attached hydrogens (tertiary/aromatic N) is 4. The van der Waals surface area contributed by atoms with Crippen LogP contribution >= 0.6 is 11.6 Å². The summed E-state index contributed by atoms with van der Waals surface area (Å²) in [6, 6.07) is 9.48. The topological polar surface area (TPSA) is 71.2 Å². The van der Waals surface area contributed by atoms with Crippen molar-refractivity contribution in [2.24, 2.45) is 0 Å². The molecule has 2 heterocycles. The molecule has 2 aromatic heterocycles. The Bertz CT molecular complexity index is 1130. The second-order valence-electron chi connectivity index (χ2n) is 7.84. The number of hydrogen-bond acceptors (Lipinski definition) is 5. The Morgan fingerprint density at radius 2 is 2.10 bits per heavy atom. The molecule has 156 valence electrons. The number of aliphatic hydroxyl groups is 1. The van der Waals surface area contributed by atoms with Crippen LogP contribution in [0.2, 0.25) is 5.15 Å². The number of aldehydes is 1. The third-order valence-electron chi connectivity index (χ3n) is 4.75. The number of rotatable bonds is 6. The Morgan fingerprint density at radius 3 is 2.77 bits per heavy atom. The minimum absolute atomic E-state index is 0.189. The van der Waals surface area contributed by atoms with Crippen LogP contribution in [0.25, 0.3) is 22.2 Å². The summed E-state index contributed by atoms with van der Waals surface area (Å²) in [6.07, 6.45) is 2.52. The molecule has 3 aromatic rings. The van der Waals surface area contributed by atoms with Crippen molar-refractivity contribution < 1.29 is 9.90 Å². The van der Waals surface area contributed by atoms with Gasteiger partial charge in [0, 0.05) is 41.6 Å². The van der Waals surface area contributed by atoms with Crippen molar-refractivity contribution in [1.82, 2.24) is 19.7 Å². The van der Waals surface area contributed by atoms with Crippen molar-refractivity contribution in [3.63, 3.8) is 0 Å². The standard InChI is InChI=1S/C23H25ClN4O2/c1-16(2)28-20-13-21(24)26-22(19(20)14-25-28)18-7-5-6-17(12-18)8-9-23(30,15-29)10-11-27(3)4/h5-7,12-16,30H,10-11H2,1-4H3. The van der Waals surface area contributed by atoms with E-state index >= 15 is 0 Å². The Kier molecular flexibility index (Phi) is 6.57. The molecule has 7 heteroatoms. The molecule has 0 aliphatic heterocycles. The van der Waals surface area contributed by atoms with E-state index in [1.54, 1.807) is 6.20 Å². The van der Waals surface area contributed by atoms with Gasteiger partial charge >= 0.3 is 0 Å². The van der Waals surface area contributed by atoms with E-state index in [1.807, 2.05) is 54.0 Å². The molecule has 30 heavy (non-hydrogen) atoms. The Morgan fingerprint density at radius 1 is 1.33 bits per heavy atom. The molecule has 0 bridgehead atoms. The highest BCUT2D eigenvalue weighted by atomic mass is 35.5. The highest BCUT2D eigenvalue weighted by molar-refractivity contribution is 6.30. The second-order valence-corrected chi connectivity index (χ2v) is 8.22. The van der Waals surface area contributed by atoms with Gasteiger partial charge in [0.1, 0.15) is 5.15 Å². The van der Waals surface area contributed by atoms with E-state index < -0.39 is 5.60 Å². The van der Waals surface area contributed by atoms with Crippen LogP contribution < -0.4 is 0 Å². The maximum atomic E-state index is 11.4. The van der Waals surface area contributed by atoms with Gasteiger partial charge in [-0.05, 0) is 40.1 Å². The zero-order valence-electron chi connectivity index (χ0n) is 17.6. The quantitative estimate of drug-likeness (QED) is 0.372. The summed E-state index contributed by atoms with van der Waals surface area (Å²) in [4.78, 5) is 17.8. The van der Waals surface area contributed by atoms with Crippen molar-refractivity contribution in [2.75, 3.05) is 20.6 Å². The number of fused-ring (bicyclic) bond motifs is 1. The third-order valence-corrected chi connectivity index (χ3v) is 4.94.